The van der Waals surface area contributed by atoms with Crippen LogP contribution in [-0.2, 0) is 13.6 Å². The fourth-order valence-electron chi connectivity index (χ4n) is 1.93. The van der Waals surface area contributed by atoms with Crippen LogP contribution < -0.4 is 5.32 Å². The summed E-state index contributed by atoms with van der Waals surface area (Å²) >= 11 is 5.78. The number of nitrogens with zero attached hydrogens (tertiary/aromatic N) is 2. The summed E-state index contributed by atoms with van der Waals surface area (Å²) in [7, 11) is 1.94. The van der Waals surface area contributed by atoms with Crippen LogP contribution in [0.4, 0.5) is 0 Å². The lowest BCUT2D eigenvalue weighted by molar-refractivity contribution is 0.445. The quantitative estimate of drug-likeness (QED) is 0.753. The number of alkyl halides is 1. The van der Waals surface area contributed by atoms with Crippen LogP contribution >= 0.6 is 11.6 Å². The SMILES string of the molecule is Cn1cc(CNCC2(CCCl)CC2)cn1. The Morgan fingerprint density at radius 3 is 2.93 bits per heavy atom. The zero-order valence-corrected chi connectivity index (χ0v) is 9.93. The van der Waals surface area contributed by atoms with Gasteiger partial charge in [0.25, 0.3) is 0 Å². The van der Waals surface area contributed by atoms with Crippen molar-refractivity contribution in [2.24, 2.45) is 12.5 Å². The third kappa shape index (κ3) is 2.95. The van der Waals surface area contributed by atoms with Crippen molar-refractivity contribution >= 4 is 11.6 Å². The summed E-state index contributed by atoms with van der Waals surface area (Å²) in [6.07, 6.45) is 7.77. The molecule has 1 N–H and O–H groups in total. The Kier molecular flexibility index (Phi) is 3.32. The number of nitrogens with one attached hydrogen (secondary N) is 1. The Hall–Kier alpha value is -0.540. The van der Waals surface area contributed by atoms with Gasteiger partial charge in [-0.05, 0) is 24.7 Å². The standard InChI is InChI=1S/C11H18ClN3/c1-15-8-10(7-14-15)6-13-9-11(2-3-11)4-5-12/h7-8,13H,2-6,9H2,1H3. The van der Waals surface area contributed by atoms with E-state index in [9.17, 15) is 0 Å². The molecule has 15 heavy (non-hydrogen) atoms. The highest BCUT2D eigenvalue weighted by Gasteiger charge is 2.40. The molecule has 0 atom stereocenters. The molecule has 1 aliphatic carbocycles. The maximum Gasteiger partial charge on any atom is 0.0534 e. The van der Waals surface area contributed by atoms with Crippen molar-refractivity contribution in [3.63, 3.8) is 0 Å². The summed E-state index contributed by atoms with van der Waals surface area (Å²) in [5, 5.41) is 7.63. The van der Waals surface area contributed by atoms with Crippen LogP contribution in [0.15, 0.2) is 12.4 Å². The number of aromatic nitrogens is 2. The smallest absolute Gasteiger partial charge is 0.0534 e. The average molecular weight is 228 g/mol. The monoisotopic (exact) mass is 227 g/mol. The van der Waals surface area contributed by atoms with E-state index in [1.54, 1.807) is 0 Å². The molecule has 3 nitrogen and oxygen atoms in total. The Labute approximate surface area is 95.8 Å². The van der Waals surface area contributed by atoms with Crippen molar-refractivity contribution in [2.45, 2.75) is 25.8 Å². The molecule has 1 aliphatic rings. The molecule has 0 aliphatic heterocycles. The molecule has 1 saturated carbocycles. The second kappa shape index (κ2) is 4.54. The molecule has 1 aromatic rings. The molecule has 1 heterocycles. The number of hydrogen-bond donors (Lipinski definition) is 1. The van der Waals surface area contributed by atoms with Gasteiger partial charge in [-0.15, -0.1) is 11.6 Å². The molecule has 1 aromatic heterocycles. The molecule has 2 rings (SSSR count). The molecule has 0 bridgehead atoms. The summed E-state index contributed by atoms with van der Waals surface area (Å²) in [4.78, 5) is 0. The second-order valence-corrected chi connectivity index (χ2v) is 4.94. The van der Waals surface area contributed by atoms with E-state index in [0.717, 1.165) is 25.4 Å². The van der Waals surface area contributed by atoms with E-state index in [1.165, 1.54) is 18.4 Å². The molecule has 0 radical (unpaired) electrons. The van der Waals surface area contributed by atoms with Crippen LogP contribution in [0.5, 0.6) is 0 Å². The zero-order valence-electron chi connectivity index (χ0n) is 9.17. The lowest BCUT2D eigenvalue weighted by Crippen LogP contribution is -2.23. The van der Waals surface area contributed by atoms with Crippen molar-refractivity contribution in [1.82, 2.24) is 15.1 Å². The maximum absolute atomic E-state index is 5.78. The topological polar surface area (TPSA) is 29.9 Å². The van der Waals surface area contributed by atoms with Crippen LogP contribution in [0.25, 0.3) is 0 Å². The van der Waals surface area contributed by atoms with Gasteiger partial charge in [-0.2, -0.15) is 5.10 Å². The lowest BCUT2D eigenvalue weighted by atomic mass is 10.0. The third-order valence-electron chi connectivity index (χ3n) is 3.17. The minimum atomic E-state index is 0.518. The Balaban J connectivity index is 1.71. The molecule has 0 spiro atoms. The number of rotatable bonds is 6. The first-order valence-corrected chi connectivity index (χ1v) is 6.02. The van der Waals surface area contributed by atoms with Crippen molar-refractivity contribution in [1.29, 1.82) is 0 Å². The lowest BCUT2D eigenvalue weighted by Gasteiger charge is -2.13. The Morgan fingerprint density at radius 2 is 2.40 bits per heavy atom. The van der Waals surface area contributed by atoms with Gasteiger partial charge in [0, 0.05) is 37.8 Å². The highest BCUT2D eigenvalue weighted by atomic mass is 35.5. The Morgan fingerprint density at radius 1 is 1.60 bits per heavy atom. The van der Waals surface area contributed by atoms with Gasteiger partial charge < -0.3 is 5.32 Å². The summed E-state index contributed by atoms with van der Waals surface area (Å²) in [5.74, 6) is 0.786. The normalized spacial score (nSPS) is 18.0. The summed E-state index contributed by atoms with van der Waals surface area (Å²) in [5.41, 5.74) is 1.77. The van der Waals surface area contributed by atoms with Crippen LogP contribution in [0, 0.1) is 5.41 Å². The molecule has 84 valence electrons. The van der Waals surface area contributed by atoms with E-state index in [1.807, 2.05) is 24.1 Å². The van der Waals surface area contributed by atoms with Crippen molar-refractivity contribution in [2.75, 3.05) is 12.4 Å². The molecule has 0 aromatic carbocycles. The third-order valence-corrected chi connectivity index (χ3v) is 3.36. The fourth-order valence-corrected chi connectivity index (χ4v) is 2.33. The van der Waals surface area contributed by atoms with Gasteiger partial charge in [0.1, 0.15) is 0 Å². The van der Waals surface area contributed by atoms with Gasteiger partial charge in [-0.25, -0.2) is 0 Å². The van der Waals surface area contributed by atoms with E-state index in [-0.39, 0.29) is 0 Å². The first kappa shape index (κ1) is 11.0. The highest BCUT2D eigenvalue weighted by Crippen LogP contribution is 2.48. The minimum Gasteiger partial charge on any atom is -0.312 e. The van der Waals surface area contributed by atoms with Crippen molar-refractivity contribution in [3.05, 3.63) is 18.0 Å². The molecule has 0 saturated heterocycles. The van der Waals surface area contributed by atoms with E-state index >= 15 is 0 Å². The van der Waals surface area contributed by atoms with Gasteiger partial charge in [0.05, 0.1) is 6.20 Å². The van der Waals surface area contributed by atoms with E-state index in [2.05, 4.69) is 10.4 Å². The van der Waals surface area contributed by atoms with E-state index < -0.39 is 0 Å². The van der Waals surface area contributed by atoms with Crippen LogP contribution in [0.1, 0.15) is 24.8 Å². The van der Waals surface area contributed by atoms with Crippen LogP contribution in [0.2, 0.25) is 0 Å². The zero-order chi connectivity index (χ0) is 10.7. The largest absolute Gasteiger partial charge is 0.312 e. The number of aryl methyl sites for hydroxylation is 1. The second-order valence-electron chi connectivity index (χ2n) is 4.56. The number of halogens is 1. The molecule has 0 unspecified atom stereocenters. The summed E-state index contributed by atoms with van der Waals surface area (Å²) < 4.78 is 1.84. The highest BCUT2D eigenvalue weighted by molar-refractivity contribution is 6.17. The average Bonchev–Trinajstić information content (AvgIpc) is 2.83. The van der Waals surface area contributed by atoms with Crippen LogP contribution in [0.3, 0.4) is 0 Å². The predicted molar refractivity (Wildman–Crippen MR) is 61.9 cm³/mol. The molecular weight excluding hydrogens is 210 g/mol. The van der Waals surface area contributed by atoms with Crippen molar-refractivity contribution in [3.8, 4) is 0 Å². The van der Waals surface area contributed by atoms with Crippen molar-refractivity contribution < 1.29 is 0 Å². The summed E-state index contributed by atoms with van der Waals surface area (Å²) in [6.45, 7) is 2.01. The summed E-state index contributed by atoms with van der Waals surface area (Å²) in [6, 6.07) is 0. The van der Waals surface area contributed by atoms with Crippen LogP contribution in [-0.4, -0.2) is 22.2 Å². The molecule has 1 fully saturated rings. The van der Waals surface area contributed by atoms with E-state index in [0.29, 0.717) is 5.41 Å². The predicted octanol–water partition coefficient (Wildman–Crippen LogP) is 1.92. The first-order valence-electron chi connectivity index (χ1n) is 5.48. The van der Waals surface area contributed by atoms with Gasteiger partial charge >= 0.3 is 0 Å². The van der Waals surface area contributed by atoms with Gasteiger partial charge in [0.15, 0.2) is 0 Å². The molecule has 0 amide bonds. The van der Waals surface area contributed by atoms with Gasteiger partial charge in [-0.3, -0.25) is 4.68 Å². The first-order chi connectivity index (χ1) is 7.24. The Bertz CT molecular complexity index is 317. The molecular formula is C11H18ClN3. The van der Waals surface area contributed by atoms with Gasteiger partial charge in [0.2, 0.25) is 0 Å². The fraction of sp³-hybridized carbons (Fsp3) is 0.727. The minimum absolute atomic E-state index is 0.518. The molecule has 4 heteroatoms. The number of hydrogen-bond acceptors (Lipinski definition) is 2. The van der Waals surface area contributed by atoms with E-state index in [4.69, 9.17) is 11.6 Å². The van der Waals surface area contributed by atoms with Gasteiger partial charge in [-0.1, -0.05) is 0 Å². The maximum atomic E-state index is 5.78.